The summed E-state index contributed by atoms with van der Waals surface area (Å²) in [6.07, 6.45) is 4.95. The van der Waals surface area contributed by atoms with E-state index in [-0.39, 0.29) is 6.10 Å². The van der Waals surface area contributed by atoms with E-state index in [0.29, 0.717) is 6.04 Å². The highest BCUT2D eigenvalue weighted by Crippen LogP contribution is 2.33. The van der Waals surface area contributed by atoms with Gasteiger partial charge in [-0.2, -0.15) is 0 Å². The highest BCUT2D eigenvalue weighted by Gasteiger charge is 2.45. The molecule has 0 radical (unpaired) electrons. The van der Waals surface area contributed by atoms with E-state index in [4.69, 9.17) is 0 Å². The van der Waals surface area contributed by atoms with Crippen LogP contribution in [-0.2, 0) is 0 Å². The second kappa shape index (κ2) is 3.80. The molecule has 1 saturated heterocycles. The summed E-state index contributed by atoms with van der Waals surface area (Å²) < 4.78 is 0. The lowest BCUT2D eigenvalue weighted by Gasteiger charge is -2.50. The van der Waals surface area contributed by atoms with Crippen LogP contribution >= 0.6 is 0 Å². The van der Waals surface area contributed by atoms with Gasteiger partial charge >= 0.3 is 0 Å². The molecule has 82 valence electrons. The summed E-state index contributed by atoms with van der Waals surface area (Å²) >= 11 is 0. The van der Waals surface area contributed by atoms with Gasteiger partial charge < -0.3 is 10.2 Å². The first-order chi connectivity index (χ1) is 6.64. The van der Waals surface area contributed by atoms with Gasteiger partial charge in [-0.25, -0.2) is 0 Å². The molecule has 1 heterocycles. The van der Waals surface area contributed by atoms with Crippen LogP contribution < -0.4 is 0 Å². The summed E-state index contributed by atoms with van der Waals surface area (Å²) in [6, 6.07) is 0.326. The van der Waals surface area contributed by atoms with Crippen molar-refractivity contribution in [2.75, 3.05) is 13.1 Å². The topological polar surface area (TPSA) is 43.7 Å². The number of likely N-dealkylation sites (tertiary alicyclic amines) is 1. The first-order valence-electron chi connectivity index (χ1n) is 5.79. The highest BCUT2D eigenvalue weighted by atomic mass is 16.3. The van der Waals surface area contributed by atoms with E-state index in [1.165, 1.54) is 0 Å². The maximum Gasteiger partial charge on any atom is 0.0900 e. The number of hydrogen-bond donors (Lipinski definition) is 2. The fourth-order valence-corrected chi connectivity index (χ4v) is 2.91. The average Bonchev–Trinajstić information content (AvgIpc) is 2.47. The van der Waals surface area contributed by atoms with Crippen molar-refractivity contribution in [3.8, 4) is 0 Å². The normalized spacial score (nSPS) is 37.1. The molecule has 3 heteroatoms. The molecule has 2 unspecified atom stereocenters. The van der Waals surface area contributed by atoms with Crippen molar-refractivity contribution in [3.63, 3.8) is 0 Å². The van der Waals surface area contributed by atoms with Gasteiger partial charge in [0.1, 0.15) is 0 Å². The zero-order chi connectivity index (χ0) is 10.2. The molecule has 1 aliphatic heterocycles. The fraction of sp³-hybridized carbons (Fsp3) is 1.00. The fourth-order valence-electron chi connectivity index (χ4n) is 2.91. The number of rotatable bonds is 3. The molecule has 0 spiro atoms. The Labute approximate surface area is 85.7 Å². The van der Waals surface area contributed by atoms with Gasteiger partial charge in [0.05, 0.1) is 11.7 Å². The lowest BCUT2D eigenvalue weighted by atomic mass is 9.87. The number of aliphatic hydroxyl groups excluding tert-OH is 1. The zero-order valence-corrected chi connectivity index (χ0v) is 8.95. The lowest BCUT2D eigenvalue weighted by molar-refractivity contribution is -0.131. The minimum Gasteiger partial charge on any atom is -0.391 e. The summed E-state index contributed by atoms with van der Waals surface area (Å²) in [6.45, 7) is 3.64. The first kappa shape index (κ1) is 10.4. The molecule has 1 saturated carbocycles. The van der Waals surface area contributed by atoms with Crippen LogP contribution in [0.15, 0.2) is 0 Å². The molecule has 0 bridgehead atoms. The lowest BCUT2D eigenvalue weighted by Crippen LogP contribution is -2.65. The predicted molar refractivity (Wildman–Crippen MR) is 55.1 cm³/mol. The van der Waals surface area contributed by atoms with E-state index < -0.39 is 5.60 Å². The van der Waals surface area contributed by atoms with Crippen LogP contribution in [0.25, 0.3) is 0 Å². The summed E-state index contributed by atoms with van der Waals surface area (Å²) in [4.78, 5) is 2.24. The molecule has 14 heavy (non-hydrogen) atoms. The van der Waals surface area contributed by atoms with Gasteiger partial charge in [-0.05, 0) is 25.7 Å². The van der Waals surface area contributed by atoms with Gasteiger partial charge in [0.15, 0.2) is 0 Å². The molecule has 3 nitrogen and oxygen atoms in total. The summed E-state index contributed by atoms with van der Waals surface area (Å²) in [5, 5.41) is 19.7. The Balaban J connectivity index is 1.81. The zero-order valence-electron chi connectivity index (χ0n) is 8.95. The van der Waals surface area contributed by atoms with Gasteiger partial charge in [0.25, 0.3) is 0 Å². The van der Waals surface area contributed by atoms with Crippen molar-refractivity contribution in [2.24, 2.45) is 0 Å². The Morgan fingerprint density at radius 2 is 2.07 bits per heavy atom. The molecule has 2 atom stereocenters. The van der Waals surface area contributed by atoms with Crippen LogP contribution in [-0.4, -0.2) is 45.9 Å². The van der Waals surface area contributed by atoms with Crippen molar-refractivity contribution in [1.82, 2.24) is 4.90 Å². The molecule has 2 aliphatic rings. The van der Waals surface area contributed by atoms with E-state index in [2.05, 4.69) is 11.8 Å². The monoisotopic (exact) mass is 199 g/mol. The number of hydrogen-bond acceptors (Lipinski definition) is 3. The van der Waals surface area contributed by atoms with Crippen LogP contribution in [0.5, 0.6) is 0 Å². The summed E-state index contributed by atoms with van der Waals surface area (Å²) in [7, 11) is 0. The minimum absolute atomic E-state index is 0.152. The van der Waals surface area contributed by atoms with Crippen LogP contribution in [0, 0.1) is 0 Å². The van der Waals surface area contributed by atoms with E-state index in [1.54, 1.807) is 0 Å². The van der Waals surface area contributed by atoms with Crippen molar-refractivity contribution >= 4 is 0 Å². The number of β-amino-alcohol motifs (C(OH)–C–C–N with tert-alkyl or cyclic N) is 1. The molecular formula is C11H21NO2. The van der Waals surface area contributed by atoms with Gasteiger partial charge in [-0.3, -0.25) is 4.90 Å². The first-order valence-corrected chi connectivity index (χ1v) is 5.79. The number of aliphatic hydroxyl groups is 2. The summed E-state index contributed by atoms with van der Waals surface area (Å²) in [5.41, 5.74) is -0.447. The van der Waals surface area contributed by atoms with Crippen LogP contribution in [0.2, 0.25) is 0 Å². The average molecular weight is 199 g/mol. The van der Waals surface area contributed by atoms with Crippen molar-refractivity contribution in [2.45, 2.75) is 56.8 Å². The van der Waals surface area contributed by atoms with E-state index in [9.17, 15) is 10.2 Å². The molecule has 1 aliphatic carbocycles. The molecule has 0 amide bonds. The van der Waals surface area contributed by atoms with Crippen LogP contribution in [0.4, 0.5) is 0 Å². The second-order valence-corrected chi connectivity index (χ2v) is 4.94. The van der Waals surface area contributed by atoms with Gasteiger partial charge in [-0.1, -0.05) is 13.3 Å². The SMILES string of the molecule is CCCC1(O)CN(C2CCCC2O)C1. The van der Waals surface area contributed by atoms with Crippen molar-refractivity contribution in [3.05, 3.63) is 0 Å². The van der Waals surface area contributed by atoms with E-state index in [0.717, 1.165) is 45.2 Å². The molecular weight excluding hydrogens is 178 g/mol. The van der Waals surface area contributed by atoms with Gasteiger partial charge in [0.2, 0.25) is 0 Å². The van der Waals surface area contributed by atoms with E-state index >= 15 is 0 Å². The van der Waals surface area contributed by atoms with Gasteiger partial charge in [-0.15, -0.1) is 0 Å². The van der Waals surface area contributed by atoms with Crippen molar-refractivity contribution < 1.29 is 10.2 Å². The maximum absolute atomic E-state index is 10.0. The Morgan fingerprint density at radius 3 is 2.57 bits per heavy atom. The molecule has 2 fully saturated rings. The standard InChI is InChI=1S/C11H21NO2/c1-2-6-11(14)7-12(8-11)9-4-3-5-10(9)13/h9-10,13-14H,2-8H2,1H3. The van der Waals surface area contributed by atoms with Crippen LogP contribution in [0.3, 0.4) is 0 Å². The third kappa shape index (κ3) is 1.81. The van der Waals surface area contributed by atoms with Gasteiger partial charge in [0, 0.05) is 19.1 Å². The van der Waals surface area contributed by atoms with E-state index in [1.807, 2.05) is 0 Å². The summed E-state index contributed by atoms with van der Waals surface area (Å²) in [5.74, 6) is 0. The quantitative estimate of drug-likeness (QED) is 0.705. The predicted octanol–water partition coefficient (Wildman–Crippen LogP) is 0.747. The molecule has 2 rings (SSSR count). The second-order valence-electron chi connectivity index (χ2n) is 4.94. The smallest absolute Gasteiger partial charge is 0.0900 e. The Kier molecular flexibility index (Phi) is 2.82. The largest absolute Gasteiger partial charge is 0.391 e. The molecule has 0 aromatic carbocycles. The maximum atomic E-state index is 10.0. The Bertz CT molecular complexity index is 201. The molecule has 2 N–H and O–H groups in total. The Morgan fingerprint density at radius 1 is 1.36 bits per heavy atom. The van der Waals surface area contributed by atoms with Crippen LogP contribution in [0.1, 0.15) is 39.0 Å². The van der Waals surface area contributed by atoms with Crippen molar-refractivity contribution in [1.29, 1.82) is 0 Å². The molecule has 0 aromatic rings. The Hall–Kier alpha value is -0.120. The third-order valence-corrected chi connectivity index (χ3v) is 3.62. The minimum atomic E-state index is -0.447. The third-order valence-electron chi connectivity index (χ3n) is 3.62. The highest BCUT2D eigenvalue weighted by molar-refractivity contribution is 5.00. The number of nitrogens with zero attached hydrogens (tertiary/aromatic N) is 1. The molecule has 0 aromatic heterocycles.